The van der Waals surface area contributed by atoms with Crippen molar-refractivity contribution in [3.8, 4) is 0 Å². The normalized spacial score (nSPS) is 16.7. The first kappa shape index (κ1) is 14.8. The lowest BCUT2D eigenvalue weighted by Gasteiger charge is -2.22. The summed E-state index contributed by atoms with van der Waals surface area (Å²) < 4.78 is 8.32. The molecular weight excluding hydrogens is 286 g/mol. The molecule has 0 spiro atoms. The van der Waals surface area contributed by atoms with E-state index in [2.05, 4.69) is 16.8 Å². The number of aryl methyl sites for hydroxylation is 1. The van der Waals surface area contributed by atoms with E-state index in [0.29, 0.717) is 12.7 Å². The summed E-state index contributed by atoms with van der Waals surface area (Å²) in [7, 11) is 0. The molecule has 4 nitrogen and oxygen atoms in total. The summed E-state index contributed by atoms with van der Waals surface area (Å²) in [5.74, 6) is 1.01. The van der Waals surface area contributed by atoms with E-state index in [1.165, 1.54) is 0 Å². The molecule has 0 atom stereocenters. The Morgan fingerprint density at radius 2 is 2.19 bits per heavy atom. The van der Waals surface area contributed by atoms with Gasteiger partial charge in [0.25, 0.3) is 0 Å². The summed E-state index contributed by atoms with van der Waals surface area (Å²) in [5, 5.41) is 4.09. The second kappa shape index (κ2) is 6.77. The molecule has 1 fully saturated rings. The molecule has 2 heterocycles. The number of halogens is 1. The van der Waals surface area contributed by atoms with Crippen LogP contribution in [0.3, 0.4) is 0 Å². The van der Waals surface area contributed by atoms with Gasteiger partial charge in [-0.2, -0.15) is 0 Å². The Morgan fingerprint density at radius 3 is 2.95 bits per heavy atom. The SMILES string of the molecule is CCCn1c(COC2CCNCC2)nc2cc(Cl)ccc21. The fourth-order valence-electron chi connectivity index (χ4n) is 2.89. The Morgan fingerprint density at radius 1 is 1.38 bits per heavy atom. The summed E-state index contributed by atoms with van der Waals surface area (Å²) in [6.45, 7) is 5.82. The van der Waals surface area contributed by atoms with Gasteiger partial charge in [0, 0.05) is 11.6 Å². The van der Waals surface area contributed by atoms with Crippen molar-refractivity contribution >= 4 is 22.6 Å². The highest BCUT2D eigenvalue weighted by molar-refractivity contribution is 6.31. The molecule has 1 aliphatic heterocycles. The lowest BCUT2D eigenvalue weighted by molar-refractivity contribution is 0.0166. The molecule has 0 saturated carbocycles. The van der Waals surface area contributed by atoms with Gasteiger partial charge < -0.3 is 14.6 Å². The molecule has 0 unspecified atom stereocenters. The van der Waals surface area contributed by atoms with Gasteiger partial charge in [0.15, 0.2) is 0 Å². The van der Waals surface area contributed by atoms with E-state index < -0.39 is 0 Å². The van der Waals surface area contributed by atoms with Crippen molar-refractivity contribution in [1.29, 1.82) is 0 Å². The molecule has 1 aromatic heterocycles. The lowest BCUT2D eigenvalue weighted by Crippen LogP contribution is -2.32. The van der Waals surface area contributed by atoms with Crippen LogP contribution in [-0.2, 0) is 17.9 Å². The molecule has 3 rings (SSSR count). The van der Waals surface area contributed by atoms with Gasteiger partial charge in [-0.05, 0) is 50.6 Å². The van der Waals surface area contributed by atoms with Crippen LogP contribution in [0.25, 0.3) is 11.0 Å². The number of hydrogen-bond donors (Lipinski definition) is 1. The predicted octanol–water partition coefficient (Wildman–Crippen LogP) is 3.37. The molecular formula is C16H22ClN3O. The van der Waals surface area contributed by atoms with Gasteiger partial charge in [-0.25, -0.2) is 4.98 Å². The minimum absolute atomic E-state index is 0.352. The fraction of sp³-hybridized carbons (Fsp3) is 0.562. The van der Waals surface area contributed by atoms with Crippen molar-refractivity contribution in [3.05, 3.63) is 29.0 Å². The van der Waals surface area contributed by atoms with Crippen LogP contribution in [0, 0.1) is 0 Å². The van der Waals surface area contributed by atoms with E-state index in [9.17, 15) is 0 Å². The minimum atomic E-state index is 0.352. The third-order valence-electron chi connectivity index (χ3n) is 3.97. The molecule has 21 heavy (non-hydrogen) atoms. The summed E-state index contributed by atoms with van der Waals surface area (Å²) in [6.07, 6.45) is 3.60. The highest BCUT2D eigenvalue weighted by atomic mass is 35.5. The molecule has 1 N–H and O–H groups in total. The fourth-order valence-corrected chi connectivity index (χ4v) is 3.06. The largest absolute Gasteiger partial charge is 0.370 e. The van der Waals surface area contributed by atoms with Gasteiger partial charge in [0.05, 0.1) is 17.1 Å². The van der Waals surface area contributed by atoms with Crippen molar-refractivity contribution in [2.24, 2.45) is 0 Å². The van der Waals surface area contributed by atoms with Crippen LogP contribution in [0.1, 0.15) is 32.0 Å². The van der Waals surface area contributed by atoms with Gasteiger partial charge in [-0.3, -0.25) is 0 Å². The Kier molecular flexibility index (Phi) is 4.78. The number of rotatable bonds is 5. The van der Waals surface area contributed by atoms with Crippen molar-refractivity contribution in [2.75, 3.05) is 13.1 Å². The molecule has 1 aliphatic rings. The highest BCUT2D eigenvalue weighted by Gasteiger charge is 2.16. The molecule has 0 aliphatic carbocycles. The number of imidazole rings is 1. The average molecular weight is 308 g/mol. The number of piperidine rings is 1. The Balaban J connectivity index is 1.80. The Hall–Kier alpha value is -1.10. The second-order valence-electron chi connectivity index (χ2n) is 5.57. The third kappa shape index (κ3) is 3.39. The molecule has 1 saturated heterocycles. The molecule has 5 heteroatoms. The van der Waals surface area contributed by atoms with Gasteiger partial charge in [-0.15, -0.1) is 0 Å². The number of aromatic nitrogens is 2. The van der Waals surface area contributed by atoms with Crippen LogP contribution in [0.2, 0.25) is 5.02 Å². The first-order valence-corrected chi connectivity index (χ1v) is 8.12. The molecule has 1 aromatic carbocycles. The quantitative estimate of drug-likeness (QED) is 0.920. The number of hydrogen-bond acceptors (Lipinski definition) is 3. The van der Waals surface area contributed by atoms with Gasteiger partial charge in [-0.1, -0.05) is 18.5 Å². The maximum atomic E-state index is 6.07. The lowest BCUT2D eigenvalue weighted by atomic mass is 10.1. The Bertz CT molecular complexity index is 605. The second-order valence-corrected chi connectivity index (χ2v) is 6.01. The summed E-state index contributed by atoms with van der Waals surface area (Å²) in [4.78, 5) is 4.71. The van der Waals surface area contributed by atoms with Crippen molar-refractivity contribution in [1.82, 2.24) is 14.9 Å². The number of nitrogens with one attached hydrogen (secondary N) is 1. The first-order chi connectivity index (χ1) is 10.3. The third-order valence-corrected chi connectivity index (χ3v) is 4.21. The zero-order valence-corrected chi connectivity index (χ0v) is 13.2. The minimum Gasteiger partial charge on any atom is -0.370 e. The number of nitrogens with zero attached hydrogens (tertiary/aromatic N) is 2. The van der Waals surface area contributed by atoms with Crippen molar-refractivity contribution < 1.29 is 4.74 Å². The zero-order valence-electron chi connectivity index (χ0n) is 12.4. The maximum Gasteiger partial charge on any atom is 0.136 e. The molecule has 0 bridgehead atoms. The zero-order chi connectivity index (χ0) is 14.7. The van der Waals surface area contributed by atoms with E-state index in [4.69, 9.17) is 21.3 Å². The molecule has 2 aromatic rings. The number of ether oxygens (including phenoxy) is 1. The smallest absolute Gasteiger partial charge is 0.136 e. The van der Waals surface area contributed by atoms with Gasteiger partial charge in [0.1, 0.15) is 12.4 Å². The standard InChI is InChI=1S/C16H22ClN3O/c1-2-9-20-15-4-3-12(17)10-14(15)19-16(20)11-21-13-5-7-18-8-6-13/h3-4,10,13,18H,2,5-9,11H2,1H3. The van der Waals surface area contributed by atoms with Gasteiger partial charge in [0.2, 0.25) is 0 Å². The number of benzene rings is 1. The van der Waals surface area contributed by atoms with Crippen LogP contribution >= 0.6 is 11.6 Å². The maximum absolute atomic E-state index is 6.07. The van der Waals surface area contributed by atoms with Crippen LogP contribution < -0.4 is 5.32 Å². The van der Waals surface area contributed by atoms with Crippen molar-refractivity contribution in [3.63, 3.8) is 0 Å². The monoisotopic (exact) mass is 307 g/mol. The van der Waals surface area contributed by atoms with E-state index in [0.717, 1.165) is 60.8 Å². The predicted molar refractivity (Wildman–Crippen MR) is 85.7 cm³/mol. The van der Waals surface area contributed by atoms with Crippen molar-refractivity contribution in [2.45, 2.75) is 45.4 Å². The van der Waals surface area contributed by atoms with Gasteiger partial charge >= 0.3 is 0 Å². The summed E-state index contributed by atoms with van der Waals surface area (Å²) in [5.41, 5.74) is 2.10. The van der Waals surface area contributed by atoms with E-state index in [-0.39, 0.29) is 0 Å². The van der Waals surface area contributed by atoms with Crippen LogP contribution in [0.15, 0.2) is 18.2 Å². The van der Waals surface area contributed by atoms with E-state index >= 15 is 0 Å². The van der Waals surface area contributed by atoms with Crippen LogP contribution in [-0.4, -0.2) is 28.7 Å². The first-order valence-electron chi connectivity index (χ1n) is 7.75. The summed E-state index contributed by atoms with van der Waals surface area (Å²) in [6, 6.07) is 5.90. The molecule has 114 valence electrons. The highest BCUT2D eigenvalue weighted by Crippen LogP contribution is 2.22. The Labute approximate surface area is 130 Å². The van der Waals surface area contributed by atoms with Crippen LogP contribution in [0.5, 0.6) is 0 Å². The topological polar surface area (TPSA) is 39.1 Å². The van der Waals surface area contributed by atoms with E-state index in [1.807, 2.05) is 18.2 Å². The molecule has 0 radical (unpaired) electrons. The number of fused-ring (bicyclic) bond motifs is 1. The van der Waals surface area contributed by atoms with E-state index in [1.54, 1.807) is 0 Å². The van der Waals surface area contributed by atoms with Crippen LogP contribution in [0.4, 0.5) is 0 Å². The molecule has 0 amide bonds. The summed E-state index contributed by atoms with van der Waals surface area (Å²) >= 11 is 6.07. The average Bonchev–Trinajstić information content (AvgIpc) is 2.84.